The summed E-state index contributed by atoms with van der Waals surface area (Å²) < 4.78 is 19.9. The highest BCUT2D eigenvalue weighted by Gasteiger charge is 2.68. The minimum Gasteiger partial charge on any atom is -0.378 e. The summed E-state index contributed by atoms with van der Waals surface area (Å²) in [5.74, 6) is 0.593. The van der Waals surface area contributed by atoms with Crippen LogP contribution < -0.4 is 0 Å². The highest BCUT2D eigenvalue weighted by atomic mass is 17.3. The lowest BCUT2D eigenvalue weighted by atomic mass is 9.53. The van der Waals surface area contributed by atoms with Crippen LogP contribution in [-0.4, -0.2) is 48.2 Å². The van der Waals surface area contributed by atoms with Crippen molar-refractivity contribution in [1.82, 2.24) is 0 Å². The molecule has 36 heavy (non-hydrogen) atoms. The maximum absolute atomic E-state index is 6.68. The van der Waals surface area contributed by atoms with E-state index in [1.807, 2.05) is 13.8 Å². The van der Waals surface area contributed by atoms with Gasteiger partial charge in [0.05, 0.1) is 18.3 Å². The molecule has 0 radical (unpaired) electrons. The molecule has 0 aromatic heterocycles. The van der Waals surface area contributed by atoms with Crippen LogP contribution in [0.4, 0.5) is 0 Å². The third-order valence-corrected chi connectivity index (χ3v) is 10.5. The fraction of sp³-hybridized carbons (Fsp3) is 0.931. The molecule has 204 valence electrons. The van der Waals surface area contributed by atoms with Gasteiger partial charge in [-0.25, -0.2) is 19.6 Å². The van der Waals surface area contributed by atoms with Gasteiger partial charge in [-0.1, -0.05) is 26.8 Å². The Kier molecular flexibility index (Phi) is 6.85. The van der Waals surface area contributed by atoms with Crippen LogP contribution in [0.1, 0.15) is 98.3 Å². The summed E-state index contributed by atoms with van der Waals surface area (Å²) in [6, 6.07) is 0. The van der Waals surface area contributed by atoms with E-state index < -0.39 is 11.6 Å². The van der Waals surface area contributed by atoms with E-state index in [1.165, 1.54) is 12.8 Å². The number of fused-ring (bicyclic) bond motifs is 2. The molecule has 4 aliphatic heterocycles. The molecule has 3 aliphatic carbocycles. The Morgan fingerprint density at radius 2 is 1.75 bits per heavy atom. The molecule has 4 heterocycles. The van der Waals surface area contributed by atoms with E-state index in [4.69, 9.17) is 33.8 Å². The molecule has 3 saturated carbocycles. The van der Waals surface area contributed by atoms with E-state index >= 15 is 0 Å². The maximum Gasteiger partial charge on any atom is 0.201 e. The van der Waals surface area contributed by atoms with E-state index in [-0.39, 0.29) is 30.0 Å². The van der Waals surface area contributed by atoms with Gasteiger partial charge in [-0.3, -0.25) is 0 Å². The predicted octanol–water partition coefficient (Wildman–Crippen LogP) is 6.01. The Morgan fingerprint density at radius 1 is 0.944 bits per heavy atom. The van der Waals surface area contributed by atoms with Crippen molar-refractivity contribution in [3.63, 3.8) is 0 Å². The zero-order chi connectivity index (χ0) is 25.1. The molecule has 1 unspecified atom stereocenters. The minimum atomic E-state index is -0.654. The number of ether oxygens (including phenoxy) is 3. The zero-order valence-electron chi connectivity index (χ0n) is 22.7. The first-order valence-corrected chi connectivity index (χ1v) is 14.6. The van der Waals surface area contributed by atoms with Crippen molar-refractivity contribution in [2.75, 3.05) is 6.61 Å². The molecule has 7 nitrogen and oxygen atoms in total. The van der Waals surface area contributed by atoms with Crippen molar-refractivity contribution in [1.29, 1.82) is 0 Å². The van der Waals surface area contributed by atoms with Crippen molar-refractivity contribution in [3.8, 4) is 0 Å². The quantitative estimate of drug-likeness (QED) is 0.334. The van der Waals surface area contributed by atoms with Crippen molar-refractivity contribution in [2.24, 2.45) is 23.7 Å². The molecular formula is C29H46O7. The van der Waals surface area contributed by atoms with Crippen molar-refractivity contribution >= 4 is 0 Å². The van der Waals surface area contributed by atoms with E-state index in [9.17, 15) is 0 Å². The van der Waals surface area contributed by atoms with Gasteiger partial charge in [0.15, 0.2) is 5.79 Å². The van der Waals surface area contributed by atoms with Crippen LogP contribution in [0.2, 0.25) is 0 Å². The van der Waals surface area contributed by atoms with Crippen molar-refractivity contribution in [2.45, 2.75) is 140 Å². The number of hydrogen-bond donors (Lipinski definition) is 0. The molecular weight excluding hydrogens is 460 g/mol. The van der Waals surface area contributed by atoms with Gasteiger partial charge in [0.2, 0.25) is 5.79 Å². The summed E-state index contributed by atoms with van der Waals surface area (Å²) in [6.45, 7) is 13.5. The summed E-state index contributed by atoms with van der Waals surface area (Å²) in [6.07, 6.45) is 10.9. The molecule has 0 aromatic carbocycles. The summed E-state index contributed by atoms with van der Waals surface area (Å²) >= 11 is 0. The van der Waals surface area contributed by atoms with E-state index in [0.29, 0.717) is 30.3 Å². The van der Waals surface area contributed by atoms with Gasteiger partial charge < -0.3 is 14.2 Å². The van der Waals surface area contributed by atoms with Crippen LogP contribution >= 0.6 is 0 Å². The zero-order valence-corrected chi connectivity index (χ0v) is 22.7. The molecule has 7 rings (SSSR count). The first-order valence-electron chi connectivity index (χ1n) is 14.6. The Morgan fingerprint density at radius 3 is 2.53 bits per heavy atom. The van der Waals surface area contributed by atoms with Gasteiger partial charge in [0.1, 0.15) is 11.7 Å². The fourth-order valence-electron chi connectivity index (χ4n) is 8.45. The second-order valence-corrected chi connectivity index (χ2v) is 12.9. The number of hydrogen-bond acceptors (Lipinski definition) is 7. The fourth-order valence-corrected chi connectivity index (χ4v) is 8.45. The van der Waals surface area contributed by atoms with E-state index in [0.717, 1.165) is 63.4 Å². The largest absolute Gasteiger partial charge is 0.378 e. The third-order valence-electron chi connectivity index (χ3n) is 10.5. The van der Waals surface area contributed by atoms with Crippen molar-refractivity contribution in [3.05, 3.63) is 12.2 Å². The molecule has 2 bridgehead atoms. The summed E-state index contributed by atoms with van der Waals surface area (Å²) in [7, 11) is 0. The van der Waals surface area contributed by atoms with Crippen LogP contribution in [0.15, 0.2) is 12.2 Å². The Balaban J connectivity index is 1.14. The average molecular weight is 507 g/mol. The predicted molar refractivity (Wildman–Crippen MR) is 132 cm³/mol. The average Bonchev–Trinajstić information content (AvgIpc) is 3.08. The van der Waals surface area contributed by atoms with Crippen LogP contribution in [-0.2, 0) is 33.8 Å². The maximum atomic E-state index is 6.68. The highest BCUT2D eigenvalue weighted by Crippen LogP contribution is 2.61. The van der Waals surface area contributed by atoms with Crippen LogP contribution in [0.25, 0.3) is 0 Å². The molecule has 7 aliphatic rings. The summed E-state index contributed by atoms with van der Waals surface area (Å²) in [4.78, 5) is 24.1. The van der Waals surface area contributed by atoms with Gasteiger partial charge in [0, 0.05) is 38.7 Å². The molecule has 4 saturated heterocycles. The molecule has 0 N–H and O–H groups in total. The third kappa shape index (κ3) is 4.21. The van der Waals surface area contributed by atoms with Gasteiger partial charge in [0.25, 0.3) is 0 Å². The molecule has 0 aromatic rings. The second-order valence-electron chi connectivity index (χ2n) is 12.9. The topological polar surface area (TPSA) is 64.6 Å². The monoisotopic (exact) mass is 506 g/mol. The van der Waals surface area contributed by atoms with Crippen LogP contribution in [0.3, 0.4) is 0 Å². The lowest BCUT2D eigenvalue weighted by molar-refractivity contribution is -0.541. The molecule has 2 spiro atoms. The standard InChI is InChI=1S/C29H46O7/c1-18(2)26-23(31-28(35-33-26)13-7-6-8-14-28)12-16-30-24-17-25-29-21(11-15-27(5,32-25)34-36-29)19(3)9-10-22(29)20(24)4/h19-26H,1,6-17H2,2-5H3/t19-,20-,21+,22+,23-,24?,25+,26+,27+,29-/m1/s1. The SMILES string of the molecule is C=C(C)[C@@H]1OOC2(CCCCC2)O[C@@H]1CCOC1C[C@@H]2O[C@]3(C)CC[C@H]4[C@H](C)CC[C@@H]([C@H]1C)[C@@]24OO3. The number of rotatable bonds is 5. The van der Waals surface area contributed by atoms with Gasteiger partial charge in [-0.2, -0.15) is 0 Å². The lowest BCUT2D eigenvalue weighted by Gasteiger charge is -2.61. The molecule has 10 atom stereocenters. The smallest absolute Gasteiger partial charge is 0.201 e. The molecule has 7 heteroatoms. The van der Waals surface area contributed by atoms with Gasteiger partial charge >= 0.3 is 0 Å². The normalized spacial score (nSPS) is 49.9. The van der Waals surface area contributed by atoms with Gasteiger partial charge in [-0.05, 0) is 75.2 Å². The van der Waals surface area contributed by atoms with E-state index in [1.54, 1.807) is 0 Å². The Bertz CT molecular complexity index is 826. The Hall–Kier alpha value is -0.540. The summed E-state index contributed by atoms with van der Waals surface area (Å²) in [5.41, 5.74) is 0.581. The first-order chi connectivity index (χ1) is 17.3. The van der Waals surface area contributed by atoms with Crippen LogP contribution in [0.5, 0.6) is 0 Å². The lowest BCUT2D eigenvalue weighted by Crippen LogP contribution is -2.69. The highest BCUT2D eigenvalue weighted by molar-refractivity contribution is 5.13. The second kappa shape index (κ2) is 9.58. The van der Waals surface area contributed by atoms with E-state index in [2.05, 4.69) is 20.4 Å². The first kappa shape index (κ1) is 25.7. The molecule has 0 amide bonds. The van der Waals surface area contributed by atoms with Crippen molar-refractivity contribution < 1.29 is 33.8 Å². The summed E-state index contributed by atoms with van der Waals surface area (Å²) in [5, 5.41) is 0. The van der Waals surface area contributed by atoms with Gasteiger partial charge in [-0.15, -0.1) is 0 Å². The van der Waals surface area contributed by atoms with Crippen LogP contribution in [0, 0.1) is 23.7 Å². The minimum absolute atomic E-state index is 0.00837. The Labute approximate surface area is 216 Å². The molecule has 7 fully saturated rings.